The summed E-state index contributed by atoms with van der Waals surface area (Å²) in [4.78, 5) is 14.3. The summed E-state index contributed by atoms with van der Waals surface area (Å²) in [5, 5.41) is 6.44. The lowest BCUT2D eigenvalue weighted by Gasteiger charge is -2.28. The number of alkyl carbamates (subject to hydrolysis) is 1. The van der Waals surface area contributed by atoms with Crippen molar-refractivity contribution in [2.45, 2.75) is 57.6 Å². The van der Waals surface area contributed by atoms with E-state index in [-0.39, 0.29) is 11.6 Å². The molecule has 1 saturated heterocycles. The molecular weight excluding hydrogens is 254 g/mol. The molecule has 2 fully saturated rings. The van der Waals surface area contributed by atoms with Gasteiger partial charge in [-0.1, -0.05) is 0 Å². The summed E-state index contributed by atoms with van der Waals surface area (Å²) in [6, 6.07) is 0. The number of ether oxygens (including phenoxy) is 1. The summed E-state index contributed by atoms with van der Waals surface area (Å²) in [5.74, 6) is 0. The normalized spacial score (nSPS) is 22.4. The maximum absolute atomic E-state index is 11.8. The molecule has 0 unspecified atom stereocenters. The average Bonchev–Trinajstić information content (AvgIpc) is 3.07. The zero-order valence-corrected chi connectivity index (χ0v) is 13.1. The van der Waals surface area contributed by atoms with Crippen LogP contribution >= 0.6 is 0 Å². The van der Waals surface area contributed by atoms with Gasteiger partial charge >= 0.3 is 6.09 Å². The van der Waals surface area contributed by atoms with Crippen molar-refractivity contribution in [3.63, 3.8) is 0 Å². The van der Waals surface area contributed by atoms with Crippen LogP contribution in [0.2, 0.25) is 0 Å². The van der Waals surface area contributed by atoms with Gasteiger partial charge in [0.15, 0.2) is 0 Å². The smallest absolute Gasteiger partial charge is 0.408 e. The Kier molecular flexibility index (Phi) is 4.91. The van der Waals surface area contributed by atoms with Crippen molar-refractivity contribution >= 4 is 6.09 Å². The number of hydrogen-bond donors (Lipinski definition) is 2. The molecule has 5 heteroatoms. The van der Waals surface area contributed by atoms with Crippen molar-refractivity contribution in [1.82, 2.24) is 15.5 Å². The molecule has 2 N–H and O–H groups in total. The Morgan fingerprint density at radius 2 is 1.95 bits per heavy atom. The minimum absolute atomic E-state index is 0.0242. The van der Waals surface area contributed by atoms with Crippen molar-refractivity contribution in [2.75, 3.05) is 32.7 Å². The van der Waals surface area contributed by atoms with Crippen LogP contribution in [0.3, 0.4) is 0 Å². The van der Waals surface area contributed by atoms with E-state index in [2.05, 4.69) is 15.5 Å². The van der Waals surface area contributed by atoms with Crippen LogP contribution < -0.4 is 10.6 Å². The van der Waals surface area contributed by atoms with Crippen LogP contribution in [-0.4, -0.2) is 54.9 Å². The molecule has 116 valence electrons. The molecule has 1 aliphatic carbocycles. The Balaban J connectivity index is 1.65. The Hall–Kier alpha value is -0.810. The molecule has 1 heterocycles. The highest BCUT2D eigenvalue weighted by atomic mass is 16.6. The Labute approximate surface area is 122 Å². The Morgan fingerprint density at radius 1 is 1.30 bits per heavy atom. The average molecular weight is 283 g/mol. The third kappa shape index (κ3) is 5.29. The molecular formula is C15H29N3O2. The van der Waals surface area contributed by atoms with E-state index in [1.807, 2.05) is 20.8 Å². The number of amides is 1. The summed E-state index contributed by atoms with van der Waals surface area (Å²) in [5.41, 5.74) is -0.392. The summed E-state index contributed by atoms with van der Waals surface area (Å²) in [7, 11) is 0. The Bertz CT molecular complexity index is 329. The molecule has 0 radical (unpaired) electrons. The van der Waals surface area contributed by atoms with E-state index in [0.29, 0.717) is 0 Å². The van der Waals surface area contributed by atoms with E-state index in [0.717, 1.165) is 58.4 Å². The number of nitrogens with one attached hydrogen (secondary N) is 2. The molecule has 1 aliphatic heterocycles. The van der Waals surface area contributed by atoms with Crippen molar-refractivity contribution in [3.05, 3.63) is 0 Å². The standard InChI is InChI=1S/C15H29N3O2/c1-14(2,3)20-13(19)17-15(6-7-15)5-4-10-18-11-8-16-9-12-18/h16H,4-12H2,1-3H3,(H,17,19). The van der Waals surface area contributed by atoms with E-state index in [4.69, 9.17) is 4.74 Å². The van der Waals surface area contributed by atoms with Crippen LogP contribution in [0, 0.1) is 0 Å². The summed E-state index contributed by atoms with van der Waals surface area (Å²) in [6.07, 6.45) is 4.13. The van der Waals surface area contributed by atoms with Crippen molar-refractivity contribution in [2.24, 2.45) is 0 Å². The first-order valence-corrected chi connectivity index (χ1v) is 7.83. The van der Waals surface area contributed by atoms with Crippen LogP contribution in [0.4, 0.5) is 4.79 Å². The number of piperazine rings is 1. The van der Waals surface area contributed by atoms with Gasteiger partial charge in [-0.3, -0.25) is 0 Å². The van der Waals surface area contributed by atoms with Crippen LogP contribution in [0.25, 0.3) is 0 Å². The SMILES string of the molecule is CC(C)(C)OC(=O)NC1(CCCN2CCNCC2)CC1. The van der Waals surface area contributed by atoms with Gasteiger partial charge in [-0.25, -0.2) is 4.79 Å². The summed E-state index contributed by atoms with van der Waals surface area (Å²) >= 11 is 0. The molecule has 0 aromatic heterocycles. The summed E-state index contributed by atoms with van der Waals surface area (Å²) < 4.78 is 5.34. The Morgan fingerprint density at radius 3 is 2.50 bits per heavy atom. The molecule has 0 atom stereocenters. The first-order chi connectivity index (χ1) is 9.39. The molecule has 0 spiro atoms. The monoisotopic (exact) mass is 283 g/mol. The molecule has 0 bridgehead atoms. The van der Waals surface area contributed by atoms with Crippen LogP contribution in [-0.2, 0) is 4.74 Å². The number of carbonyl (C=O) groups is 1. The first-order valence-electron chi connectivity index (χ1n) is 7.83. The minimum atomic E-state index is -0.416. The summed E-state index contributed by atoms with van der Waals surface area (Å²) in [6.45, 7) is 11.3. The molecule has 5 nitrogen and oxygen atoms in total. The third-order valence-electron chi connectivity index (χ3n) is 3.96. The van der Waals surface area contributed by atoms with E-state index in [1.54, 1.807) is 0 Å². The van der Waals surface area contributed by atoms with Crippen molar-refractivity contribution < 1.29 is 9.53 Å². The molecule has 1 saturated carbocycles. The second-order valence-corrected chi connectivity index (χ2v) is 7.10. The number of hydrogen-bond acceptors (Lipinski definition) is 4. The second-order valence-electron chi connectivity index (χ2n) is 7.10. The molecule has 0 aromatic rings. The quantitative estimate of drug-likeness (QED) is 0.807. The van der Waals surface area contributed by atoms with Crippen molar-refractivity contribution in [3.8, 4) is 0 Å². The maximum atomic E-state index is 11.8. The van der Waals surface area contributed by atoms with E-state index >= 15 is 0 Å². The highest BCUT2D eigenvalue weighted by Gasteiger charge is 2.44. The lowest BCUT2D eigenvalue weighted by Crippen LogP contribution is -2.44. The van der Waals surface area contributed by atoms with Gasteiger partial charge in [-0.05, 0) is 53.0 Å². The van der Waals surface area contributed by atoms with Gasteiger partial charge in [-0.15, -0.1) is 0 Å². The fourth-order valence-electron chi connectivity index (χ4n) is 2.68. The molecule has 2 aliphatic rings. The fraction of sp³-hybridized carbons (Fsp3) is 0.933. The topological polar surface area (TPSA) is 53.6 Å². The second kappa shape index (κ2) is 6.31. The lowest BCUT2D eigenvalue weighted by molar-refractivity contribution is 0.0492. The van der Waals surface area contributed by atoms with Gasteiger partial charge in [0.25, 0.3) is 0 Å². The van der Waals surface area contributed by atoms with Gasteiger partial charge in [0.2, 0.25) is 0 Å². The predicted molar refractivity (Wildman–Crippen MR) is 79.9 cm³/mol. The highest BCUT2D eigenvalue weighted by Crippen LogP contribution is 2.40. The van der Waals surface area contributed by atoms with Crippen LogP contribution in [0.1, 0.15) is 46.5 Å². The third-order valence-corrected chi connectivity index (χ3v) is 3.96. The highest BCUT2D eigenvalue weighted by molar-refractivity contribution is 5.69. The predicted octanol–water partition coefficient (Wildman–Crippen LogP) is 1.73. The van der Waals surface area contributed by atoms with Gasteiger partial charge in [0, 0.05) is 31.7 Å². The van der Waals surface area contributed by atoms with Crippen LogP contribution in [0.5, 0.6) is 0 Å². The number of rotatable bonds is 5. The zero-order valence-electron chi connectivity index (χ0n) is 13.1. The van der Waals surface area contributed by atoms with Crippen LogP contribution in [0.15, 0.2) is 0 Å². The van der Waals surface area contributed by atoms with E-state index < -0.39 is 5.60 Å². The molecule has 0 aromatic carbocycles. The first kappa shape index (κ1) is 15.6. The number of nitrogens with zero attached hydrogens (tertiary/aromatic N) is 1. The number of carbonyl (C=O) groups excluding carboxylic acids is 1. The van der Waals surface area contributed by atoms with Gasteiger partial charge in [-0.2, -0.15) is 0 Å². The largest absolute Gasteiger partial charge is 0.444 e. The van der Waals surface area contributed by atoms with Gasteiger partial charge in [0.1, 0.15) is 5.60 Å². The van der Waals surface area contributed by atoms with Gasteiger partial charge in [0.05, 0.1) is 0 Å². The molecule has 1 amide bonds. The molecule has 20 heavy (non-hydrogen) atoms. The van der Waals surface area contributed by atoms with E-state index in [9.17, 15) is 4.79 Å². The fourth-order valence-corrected chi connectivity index (χ4v) is 2.68. The van der Waals surface area contributed by atoms with Gasteiger partial charge < -0.3 is 20.3 Å². The molecule has 2 rings (SSSR count). The maximum Gasteiger partial charge on any atom is 0.408 e. The lowest BCUT2D eigenvalue weighted by atomic mass is 10.1. The van der Waals surface area contributed by atoms with Crippen molar-refractivity contribution in [1.29, 1.82) is 0 Å². The minimum Gasteiger partial charge on any atom is -0.444 e. The zero-order chi connectivity index (χ0) is 14.6. The van der Waals surface area contributed by atoms with E-state index in [1.165, 1.54) is 0 Å².